The summed E-state index contributed by atoms with van der Waals surface area (Å²) in [5, 5.41) is 3.93. The van der Waals surface area contributed by atoms with Crippen molar-refractivity contribution < 1.29 is 9.53 Å². The maximum Gasteiger partial charge on any atom is 0.237 e. The molecule has 0 aromatic heterocycles. The number of hydrogen-bond acceptors (Lipinski definition) is 3. The largest absolute Gasteiger partial charge is 0.375 e. The zero-order valence-corrected chi connectivity index (χ0v) is 13.9. The summed E-state index contributed by atoms with van der Waals surface area (Å²) in [7, 11) is 0. The van der Waals surface area contributed by atoms with E-state index < -0.39 is 6.04 Å². The molecule has 0 aliphatic rings. The topological polar surface area (TPSA) is 64.4 Å². The van der Waals surface area contributed by atoms with Crippen LogP contribution in [0.5, 0.6) is 0 Å². The molecule has 1 aromatic rings. The van der Waals surface area contributed by atoms with Crippen molar-refractivity contribution in [3.8, 4) is 0 Å². The maximum absolute atomic E-state index is 11.7. The number of carbonyl (C=O) groups excluding carboxylic acids is 1. The van der Waals surface area contributed by atoms with Crippen LogP contribution in [0.3, 0.4) is 0 Å². The van der Waals surface area contributed by atoms with Gasteiger partial charge in [0.2, 0.25) is 5.91 Å². The lowest BCUT2D eigenvalue weighted by atomic mass is 9.99. The van der Waals surface area contributed by atoms with E-state index in [0.29, 0.717) is 29.8 Å². The van der Waals surface area contributed by atoms with E-state index in [9.17, 15) is 4.79 Å². The first-order valence-electron chi connectivity index (χ1n) is 7.00. The Hall–Kier alpha value is -0.810. The Balaban J connectivity index is 2.24. The highest BCUT2D eigenvalue weighted by Crippen LogP contribution is 2.21. The van der Waals surface area contributed by atoms with Gasteiger partial charge in [-0.25, -0.2) is 0 Å². The minimum absolute atomic E-state index is 0.141. The van der Waals surface area contributed by atoms with Gasteiger partial charge in [0.05, 0.1) is 19.3 Å². The van der Waals surface area contributed by atoms with Crippen LogP contribution in [0, 0.1) is 5.92 Å². The lowest BCUT2D eigenvalue weighted by Crippen LogP contribution is -2.45. The Labute approximate surface area is 135 Å². The summed E-state index contributed by atoms with van der Waals surface area (Å²) in [5.74, 6) is 0.0243. The van der Waals surface area contributed by atoms with Crippen LogP contribution in [0.4, 0.5) is 0 Å². The van der Waals surface area contributed by atoms with Gasteiger partial charge in [0, 0.05) is 16.6 Å². The third-order valence-corrected chi connectivity index (χ3v) is 3.97. The zero-order valence-electron chi connectivity index (χ0n) is 12.4. The standard InChI is InChI=1S/C15H22Cl2N2O2/c1-3-10(2)14(18)15(20)19-6-7-21-9-11-4-5-12(16)8-13(11)17/h4-5,8,10,14H,3,6-7,9,18H2,1-2H3,(H,19,20). The van der Waals surface area contributed by atoms with Crippen LogP contribution in [0.2, 0.25) is 10.0 Å². The molecule has 2 atom stereocenters. The summed E-state index contributed by atoms with van der Waals surface area (Å²) in [6.07, 6.45) is 0.875. The number of nitrogens with two attached hydrogens (primary N) is 1. The molecule has 1 rings (SSSR count). The van der Waals surface area contributed by atoms with Crippen molar-refractivity contribution in [1.82, 2.24) is 5.32 Å². The van der Waals surface area contributed by atoms with Crippen LogP contribution >= 0.6 is 23.2 Å². The molecule has 0 aliphatic carbocycles. The van der Waals surface area contributed by atoms with Gasteiger partial charge in [-0.15, -0.1) is 0 Å². The highest BCUT2D eigenvalue weighted by atomic mass is 35.5. The van der Waals surface area contributed by atoms with Gasteiger partial charge in [-0.3, -0.25) is 4.79 Å². The summed E-state index contributed by atoms with van der Waals surface area (Å²) in [4.78, 5) is 11.7. The Morgan fingerprint density at radius 1 is 1.43 bits per heavy atom. The highest BCUT2D eigenvalue weighted by molar-refractivity contribution is 6.35. The molecule has 6 heteroatoms. The van der Waals surface area contributed by atoms with Crippen molar-refractivity contribution in [2.45, 2.75) is 32.9 Å². The van der Waals surface area contributed by atoms with E-state index in [1.54, 1.807) is 12.1 Å². The molecule has 4 nitrogen and oxygen atoms in total. The number of benzene rings is 1. The number of hydrogen-bond donors (Lipinski definition) is 2. The second kappa shape index (κ2) is 9.26. The summed E-state index contributed by atoms with van der Waals surface area (Å²) in [5.41, 5.74) is 6.69. The lowest BCUT2D eigenvalue weighted by Gasteiger charge is -2.17. The van der Waals surface area contributed by atoms with Crippen molar-refractivity contribution in [2.24, 2.45) is 11.7 Å². The molecule has 0 saturated heterocycles. The number of amides is 1. The van der Waals surface area contributed by atoms with Crippen LogP contribution < -0.4 is 11.1 Å². The van der Waals surface area contributed by atoms with Crippen molar-refractivity contribution in [3.63, 3.8) is 0 Å². The molecule has 1 aromatic carbocycles. The Bertz CT molecular complexity index is 469. The van der Waals surface area contributed by atoms with Crippen molar-refractivity contribution in [3.05, 3.63) is 33.8 Å². The van der Waals surface area contributed by atoms with Crippen LogP contribution in [-0.4, -0.2) is 25.1 Å². The fourth-order valence-electron chi connectivity index (χ4n) is 1.70. The van der Waals surface area contributed by atoms with E-state index in [4.69, 9.17) is 33.7 Å². The van der Waals surface area contributed by atoms with E-state index in [-0.39, 0.29) is 11.8 Å². The van der Waals surface area contributed by atoms with E-state index in [1.165, 1.54) is 0 Å². The summed E-state index contributed by atoms with van der Waals surface area (Å²) in [6.45, 7) is 5.18. The summed E-state index contributed by atoms with van der Waals surface area (Å²) in [6, 6.07) is 4.79. The molecular weight excluding hydrogens is 311 g/mol. The molecule has 1 amide bonds. The van der Waals surface area contributed by atoms with E-state index in [0.717, 1.165) is 12.0 Å². The Kier molecular flexibility index (Phi) is 8.04. The molecule has 0 bridgehead atoms. The van der Waals surface area contributed by atoms with Crippen molar-refractivity contribution >= 4 is 29.1 Å². The highest BCUT2D eigenvalue weighted by Gasteiger charge is 2.18. The number of nitrogens with one attached hydrogen (secondary N) is 1. The number of halogens is 2. The average Bonchev–Trinajstić information content (AvgIpc) is 2.47. The normalized spacial score (nSPS) is 13.8. The summed E-state index contributed by atoms with van der Waals surface area (Å²) < 4.78 is 5.47. The smallest absolute Gasteiger partial charge is 0.237 e. The molecule has 0 radical (unpaired) electrons. The number of ether oxygens (including phenoxy) is 1. The van der Waals surface area contributed by atoms with Gasteiger partial charge < -0.3 is 15.8 Å². The molecule has 0 spiro atoms. The van der Waals surface area contributed by atoms with Crippen molar-refractivity contribution in [1.29, 1.82) is 0 Å². The molecule has 0 saturated carbocycles. The maximum atomic E-state index is 11.7. The number of carbonyl (C=O) groups is 1. The van der Waals surface area contributed by atoms with Crippen LogP contribution in [-0.2, 0) is 16.1 Å². The third-order valence-electron chi connectivity index (χ3n) is 3.38. The molecule has 118 valence electrons. The Morgan fingerprint density at radius 2 is 2.14 bits per heavy atom. The van der Waals surface area contributed by atoms with Gasteiger partial charge in [-0.05, 0) is 23.6 Å². The molecular formula is C15H22Cl2N2O2. The zero-order chi connectivity index (χ0) is 15.8. The van der Waals surface area contributed by atoms with E-state index in [1.807, 2.05) is 19.9 Å². The van der Waals surface area contributed by atoms with E-state index in [2.05, 4.69) is 5.32 Å². The first kappa shape index (κ1) is 18.2. The first-order chi connectivity index (χ1) is 9.95. The van der Waals surface area contributed by atoms with Crippen LogP contribution in [0.15, 0.2) is 18.2 Å². The minimum Gasteiger partial charge on any atom is -0.375 e. The minimum atomic E-state index is -0.472. The van der Waals surface area contributed by atoms with Gasteiger partial charge in [0.25, 0.3) is 0 Å². The van der Waals surface area contributed by atoms with Gasteiger partial charge in [0.15, 0.2) is 0 Å². The van der Waals surface area contributed by atoms with E-state index >= 15 is 0 Å². The quantitative estimate of drug-likeness (QED) is 0.719. The lowest BCUT2D eigenvalue weighted by molar-refractivity contribution is -0.123. The van der Waals surface area contributed by atoms with Crippen LogP contribution in [0.1, 0.15) is 25.8 Å². The molecule has 0 aliphatic heterocycles. The van der Waals surface area contributed by atoms with Gasteiger partial charge in [-0.1, -0.05) is 49.5 Å². The molecule has 21 heavy (non-hydrogen) atoms. The van der Waals surface area contributed by atoms with Crippen molar-refractivity contribution in [2.75, 3.05) is 13.2 Å². The van der Waals surface area contributed by atoms with Gasteiger partial charge >= 0.3 is 0 Å². The predicted molar refractivity (Wildman–Crippen MR) is 86.6 cm³/mol. The molecule has 0 heterocycles. The van der Waals surface area contributed by atoms with Gasteiger partial charge in [0.1, 0.15) is 0 Å². The predicted octanol–water partition coefficient (Wildman–Crippen LogP) is 3.00. The third kappa shape index (κ3) is 6.22. The monoisotopic (exact) mass is 332 g/mol. The fourth-order valence-corrected chi connectivity index (χ4v) is 2.16. The SMILES string of the molecule is CCC(C)C(N)C(=O)NCCOCc1ccc(Cl)cc1Cl. The number of rotatable bonds is 8. The molecule has 3 N–H and O–H groups in total. The molecule has 2 unspecified atom stereocenters. The van der Waals surface area contributed by atoms with Crippen LogP contribution in [0.25, 0.3) is 0 Å². The molecule has 0 fully saturated rings. The van der Waals surface area contributed by atoms with Gasteiger partial charge in [-0.2, -0.15) is 0 Å². The summed E-state index contributed by atoms with van der Waals surface area (Å²) >= 11 is 11.9. The second-order valence-corrected chi connectivity index (χ2v) is 5.83. The second-order valence-electron chi connectivity index (χ2n) is 4.99. The Morgan fingerprint density at radius 3 is 2.76 bits per heavy atom. The average molecular weight is 333 g/mol. The first-order valence-corrected chi connectivity index (χ1v) is 7.76. The fraction of sp³-hybridized carbons (Fsp3) is 0.533.